The van der Waals surface area contributed by atoms with Crippen LogP contribution in [0.3, 0.4) is 0 Å². The summed E-state index contributed by atoms with van der Waals surface area (Å²) < 4.78 is -1.36. The number of halogens is 3. The minimum Gasteiger partial charge on any atom is -0.335 e. The van der Waals surface area contributed by atoms with Crippen molar-refractivity contribution in [2.45, 2.75) is 37.7 Å². The van der Waals surface area contributed by atoms with Crippen molar-refractivity contribution in [1.29, 1.82) is 0 Å². The van der Waals surface area contributed by atoms with E-state index in [4.69, 9.17) is 34.8 Å². The summed E-state index contributed by atoms with van der Waals surface area (Å²) in [5.74, 6) is 0. The minimum atomic E-state index is -1.36. The van der Waals surface area contributed by atoms with Crippen LogP contribution in [0.15, 0.2) is 5.10 Å². The van der Waals surface area contributed by atoms with Crippen LogP contribution in [-0.2, 0) is 0 Å². The Bertz CT molecular complexity index is 267. The molecule has 0 saturated heterocycles. The van der Waals surface area contributed by atoms with Gasteiger partial charge in [0.2, 0.25) is 3.79 Å². The lowest BCUT2D eigenvalue weighted by molar-refractivity contribution is 0.115. The van der Waals surface area contributed by atoms with Crippen LogP contribution in [0.4, 0.5) is 0 Å². The predicted molar refractivity (Wildman–Crippen MR) is 71.1 cm³/mol. The Morgan fingerprint density at radius 2 is 1.81 bits per heavy atom. The molecule has 1 heterocycles. The van der Waals surface area contributed by atoms with Gasteiger partial charge in [-0.05, 0) is 12.3 Å². The summed E-state index contributed by atoms with van der Waals surface area (Å²) in [5, 5.41) is 6.04. The first-order valence-electron chi connectivity index (χ1n) is 5.28. The third-order valence-corrected chi connectivity index (χ3v) is 2.80. The fraction of sp³-hybridized carbons (Fsp3) is 0.900. The van der Waals surface area contributed by atoms with Gasteiger partial charge in [0.25, 0.3) is 0 Å². The SMILES string of the molecule is CCN1N=CN(CC(C)(C)C)C1C(Cl)(Cl)Cl. The van der Waals surface area contributed by atoms with Gasteiger partial charge < -0.3 is 4.90 Å². The first kappa shape index (κ1) is 14.2. The van der Waals surface area contributed by atoms with E-state index in [0.717, 1.165) is 13.1 Å². The molecule has 94 valence electrons. The molecule has 0 aromatic rings. The van der Waals surface area contributed by atoms with Crippen molar-refractivity contribution in [3.8, 4) is 0 Å². The fourth-order valence-electron chi connectivity index (χ4n) is 1.72. The molecule has 1 atom stereocenters. The van der Waals surface area contributed by atoms with Gasteiger partial charge in [-0.1, -0.05) is 55.6 Å². The van der Waals surface area contributed by atoms with E-state index in [2.05, 4.69) is 25.9 Å². The molecule has 16 heavy (non-hydrogen) atoms. The third kappa shape index (κ3) is 3.57. The molecule has 1 aliphatic rings. The summed E-state index contributed by atoms with van der Waals surface area (Å²) in [7, 11) is 0. The molecule has 0 aliphatic carbocycles. The lowest BCUT2D eigenvalue weighted by Crippen LogP contribution is -2.50. The smallest absolute Gasteiger partial charge is 0.230 e. The maximum atomic E-state index is 6.00. The first-order chi connectivity index (χ1) is 7.15. The van der Waals surface area contributed by atoms with Crippen LogP contribution in [0.25, 0.3) is 0 Å². The first-order valence-corrected chi connectivity index (χ1v) is 6.42. The van der Waals surface area contributed by atoms with Crippen molar-refractivity contribution in [1.82, 2.24) is 9.91 Å². The Morgan fingerprint density at radius 1 is 1.25 bits per heavy atom. The lowest BCUT2D eigenvalue weighted by Gasteiger charge is -2.37. The number of hydrogen-bond donors (Lipinski definition) is 0. The highest BCUT2D eigenvalue weighted by Crippen LogP contribution is 2.38. The van der Waals surface area contributed by atoms with Crippen LogP contribution in [0, 0.1) is 5.41 Å². The standard InChI is InChI=1S/C10H18Cl3N3/c1-5-16-8(10(11,12)13)15(7-14-16)6-9(2,3)4/h7-8H,5-6H2,1-4H3. The molecule has 0 aromatic carbocycles. The summed E-state index contributed by atoms with van der Waals surface area (Å²) in [6.07, 6.45) is 1.43. The number of hydrogen-bond acceptors (Lipinski definition) is 3. The molecule has 0 amide bonds. The van der Waals surface area contributed by atoms with Crippen LogP contribution >= 0.6 is 34.8 Å². The second-order valence-electron chi connectivity index (χ2n) is 5.13. The van der Waals surface area contributed by atoms with Gasteiger partial charge in [-0.3, -0.25) is 5.01 Å². The van der Waals surface area contributed by atoms with Gasteiger partial charge in [-0.2, -0.15) is 5.10 Å². The van der Waals surface area contributed by atoms with E-state index in [1.807, 2.05) is 11.8 Å². The molecular weight excluding hydrogens is 268 g/mol. The highest BCUT2D eigenvalue weighted by atomic mass is 35.6. The van der Waals surface area contributed by atoms with Crippen molar-refractivity contribution in [2.24, 2.45) is 10.5 Å². The van der Waals surface area contributed by atoms with E-state index >= 15 is 0 Å². The van der Waals surface area contributed by atoms with Gasteiger partial charge >= 0.3 is 0 Å². The molecular formula is C10H18Cl3N3. The van der Waals surface area contributed by atoms with Gasteiger partial charge in [0.1, 0.15) is 6.34 Å². The van der Waals surface area contributed by atoms with E-state index in [0.29, 0.717) is 0 Å². The predicted octanol–water partition coefficient (Wildman–Crippen LogP) is 3.31. The van der Waals surface area contributed by atoms with E-state index in [1.54, 1.807) is 11.3 Å². The van der Waals surface area contributed by atoms with Crippen molar-refractivity contribution >= 4 is 41.1 Å². The highest BCUT2D eigenvalue weighted by molar-refractivity contribution is 6.68. The normalized spacial score (nSPS) is 22.1. The lowest BCUT2D eigenvalue weighted by atomic mass is 9.96. The molecule has 1 rings (SSSR count). The minimum absolute atomic E-state index is 0.129. The largest absolute Gasteiger partial charge is 0.335 e. The van der Waals surface area contributed by atoms with Crippen LogP contribution < -0.4 is 0 Å². The Balaban J connectivity index is 2.82. The fourth-order valence-corrected chi connectivity index (χ4v) is 2.43. The van der Waals surface area contributed by atoms with Gasteiger partial charge in [0.15, 0.2) is 6.17 Å². The van der Waals surface area contributed by atoms with E-state index in [9.17, 15) is 0 Å². The summed E-state index contributed by atoms with van der Waals surface area (Å²) >= 11 is 18.0. The van der Waals surface area contributed by atoms with Crippen molar-refractivity contribution < 1.29 is 0 Å². The molecule has 1 unspecified atom stereocenters. The summed E-state index contributed by atoms with van der Waals surface area (Å²) in [6, 6.07) is 0. The highest BCUT2D eigenvalue weighted by Gasteiger charge is 2.43. The Morgan fingerprint density at radius 3 is 2.19 bits per heavy atom. The molecule has 0 bridgehead atoms. The average Bonchev–Trinajstić information content (AvgIpc) is 2.43. The van der Waals surface area contributed by atoms with E-state index < -0.39 is 3.79 Å². The quantitative estimate of drug-likeness (QED) is 0.725. The number of rotatable bonds is 2. The van der Waals surface area contributed by atoms with E-state index in [1.165, 1.54) is 0 Å². The maximum absolute atomic E-state index is 6.00. The molecule has 0 N–H and O–H groups in total. The number of alkyl halides is 3. The summed E-state index contributed by atoms with van der Waals surface area (Å²) in [5.41, 5.74) is 0.129. The topological polar surface area (TPSA) is 18.8 Å². The Kier molecular flexibility index (Phi) is 4.25. The third-order valence-electron chi connectivity index (χ3n) is 2.22. The van der Waals surface area contributed by atoms with Gasteiger partial charge in [0, 0.05) is 13.1 Å². The van der Waals surface area contributed by atoms with E-state index in [-0.39, 0.29) is 11.6 Å². The summed E-state index contributed by atoms with van der Waals surface area (Å²) in [4.78, 5) is 1.98. The molecule has 0 aromatic heterocycles. The molecule has 3 nitrogen and oxygen atoms in total. The van der Waals surface area contributed by atoms with Crippen LogP contribution in [0.1, 0.15) is 27.7 Å². The van der Waals surface area contributed by atoms with Gasteiger partial charge in [-0.25, -0.2) is 0 Å². The van der Waals surface area contributed by atoms with Crippen molar-refractivity contribution in [3.63, 3.8) is 0 Å². The molecule has 1 aliphatic heterocycles. The van der Waals surface area contributed by atoms with Crippen LogP contribution in [0.2, 0.25) is 0 Å². The van der Waals surface area contributed by atoms with Gasteiger partial charge in [0.05, 0.1) is 0 Å². The molecule has 0 saturated carbocycles. The zero-order valence-corrected chi connectivity index (χ0v) is 12.3. The summed E-state index contributed by atoms with van der Waals surface area (Å²) in [6.45, 7) is 9.93. The number of nitrogens with zero attached hydrogens (tertiary/aromatic N) is 3. The second-order valence-corrected chi connectivity index (χ2v) is 7.50. The van der Waals surface area contributed by atoms with Crippen LogP contribution in [-0.4, -0.2) is 39.3 Å². The Labute approximate surface area is 112 Å². The number of hydrazone groups is 1. The van der Waals surface area contributed by atoms with Crippen LogP contribution in [0.5, 0.6) is 0 Å². The average molecular weight is 287 g/mol. The maximum Gasteiger partial charge on any atom is 0.230 e. The Hall–Kier alpha value is 0.140. The zero-order valence-electron chi connectivity index (χ0n) is 10.0. The zero-order chi connectivity index (χ0) is 12.6. The monoisotopic (exact) mass is 285 g/mol. The molecule has 0 spiro atoms. The van der Waals surface area contributed by atoms with Gasteiger partial charge in [-0.15, -0.1) is 0 Å². The molecule has 0 fully saturated rings. The second kappa shape index (κ2) is 4.79. The van der Waals surface area contributed by atoms with Crippen molar-refractivity contribution in [3.05, 3.63) is 0 Å². The molecule has 0 radical (unpaired) electrons. The molecule has 6 heteroatoms. The van der Waals surface area contributed by atoms with Crippen molar-refractivity contribution in [2.75, 3.05) is 13.1 Å².